The predicted molar refractivity (Wildman–Crippen MR) is 37.7 cm³/mol. The molecule has 0 aliphatic heterocycles. The van der Waals surface area contributed by atoms with Crippen LogP contribution in [0.4, 0.5) is 5.82 Å². The third-order valence-electron chi connectivity index (χ3n) is 0.784. The van der Waals surface area contributed by atoms with E-state index in [1.54, 1.807) is 12.3 Å². The largest absolute Gasteiger partial charge is 0.384 e. The van der Waals surface area contributed by atoms with E-state index in [4.69, 9.17) is 5.73 Å². The van der Waals surface area contributed by atoms with Gasteiger partial charge in [-0.3, -0.25) is 0 Å². The van der Waals surface area contributed by atoms with Gasteiger partial charge in [0.1, 0.15) is 5.82 Å². The second kappa shape index (κ2) is 2.68. The van der Waals surface area contributed by atoms with E-state index in [0.29, 0.717) is 11.0 Å². The molecule has 0 bridgehead atoms. The van der Waals surface area contributed by atoms with Gasteiger partial charge >= 0.3 is 0 Å². The zero-order valence-corrected chi connectivity index (χ0v) is 5.56. The number of anilines is 1. The maximum Gasteiger partial charge on any atom is 0.189 e. The number of nitrogens with zero attached hydrogens (tertiary/aromatic N) is 2. The Morgan fingerprint density at radius 1 is 1.67 bits per heavy atom. The highest BCUT2D eigenvalue weighted by Crippen LogP contribution is 2.09. The molecule has 0 spiro atoms. The lowest BCUT2D eigenvalue weighted by Crippen LogP contribution is -1.91. The molecule has 0 atom stereocenters. The van der Waals surface area contributed by atoms with Crippen molar-refractivity contribution in [3.05, 3.63) is 18.5 Å². The SMILES string of the molecule is [CH2]Sc1nccc(N)n1. The van der Waals surface area contributed by atoms with Crippen molar-refractivity contribution in [2.24, 2.45) is 0 Å². The van der Waals surface area contributed by atoms with Crippen LogP contribution in [0.2, 0.25) is 0 Å². The molecular weight excluding hydrogens is 134 g/mol. The van der Waals surface area contributed by atoms with Gasteiger partial charge in [0.05, 0.1) is 0 Å². The fourth-order valence-corrected chi connectivity index (χ4v) is 0.729. The minimum absolute atomic E-state index is 0.483. The van der Waals surface area contributed by atoms with Crippen LogP contribution >= 0.6 is 11.8 Å². The molecule has 1 radical (unpaired) electrons. The van der Waals surface area contributed by atoms with E-state index in [1.807, 2.05) is 0 Å². The summed E-state index contributed by atoms with van der Waals surface area (Å²) in [5.41, 5.74) is 5.34. The lowest BCUT2D eigenvalue weighted by Gasteiger charge is -1.92. The predicted octanol–water partition coefficient (Wildman–Crippen LogP) is 0.942. The number of nitrogens with two attached hydrogens (primary N) is 1. The number of nitrogen functional groups attached to an aromatic ring is 1. The van der Waals surface area contributed by atoms with Gasteiger partial charge in [-0.05, 0) is 6.07 Å². The Labute approximate surface area is 57.7 Å². The first-order chi connectivity index (χ1) is 4.33. The molecule has 0 saturated carbocycles. The van der Waals surface area contributed by atoms with Crippen molar-refractivity contribution in [3.8, 4) is 0 Å². The third-order valence-corrected chi connectivity index (χ3v) is 1.24. The normalized spacial score (nSPS) is 9.44. The Kier molecular flexibility index (Phi) is 1.89. The maximum absolute atomic E-state index is 5.34. The quantitative estimate of drug-likeness (QED) is 0.466. The van der Waals surface area contributed by atoms with Crippen molar-refractivity contribution in [2.45, 2.75) is 5.16 Å². The zero-order valence-electron chi connectivity index (χ0n) is 4.74. The topological polar surface area (TPSA) is 51.8 Å². The molecule has 0 aliphatic carbocycles. The molecule has 2 N–H and O–H groups in total. The van der Waals surface area contributed by atoms with Crippen molar-refractivity contribution < 1.29 is 0 Å². The van der Waals surface area contributed by atoms with E-state index in [0.717, 1.165) is 0 Å². The average molecular weight is 140 g/mol. The van der Waals surface area contributed by atoms with Gasteiger partial charge in [-0.25, -0.2) is 9.97 Å². The first-order valence-electron chi connectivity index (χ1n) is 2.33. The minimum Gasteiger partial charge on any atom is -0.384 e. The standard InChI is InChI=1S/C5H6N3S/c1-9-5-7-3-2-4(6)8-5/h2-3H,1H2,(H2,6,7,8). The molecular formula is C5H6N3S. The van der Waals surface area contributed by atoms with Crippen molar-refractivity contribution >= 4 is 17.6 Å². The number of hydrogen-bond donors (Lipinski definition) is 1. The molecule has 3 nitrogen and oxygen atoms in total. The summed E-state index contributed by atoms with van der Waals surface area (Å²) in [7, 11) is 0. The molecule has 1 rings (SSSR count). The van der Waals surface area contributed by atoms with Gasteiger partial charge in [-0.15, -0.1) is 0 Å². The van der Waals surface area contributed by atoms with Crippen LogP contribution in [-0.4, -0.2) is 9.97 Å². The highest BCUT2D eigenvalue weighted by Gasteiger charge is 1.90. The van der Waals surface area contributed by atoms with Gasteiger partial charge in [-0.2, -0.15) is 0 Å². The zero-order chi connectivity index (χ0) is 6.69. The first kappa shape index (κ1) is 6.35. The molecule has 0 saturated heterocycles. The highest BCUT2D eigenvalue weighted by atomic mass is 32.2. The molecule has 1 aromatic rings. The summed E-state index contributed by atoms with van der Waals surface area (Å²) in [5, 5.41) is 0.606. The summed E-state index contributed by atoms with van der Waals surface area (Å²) in [6.45, 7) is 0. The van der Waals surface area contributed by atoms with Gasteiger partial charge in [0, 0.05) is 12.5 Å². The van der Waals surface area contributed by atoms with E-state index in [2.05, 4.69) is 16.2 Å². The highest BCUT2D eigenvalue weighted by molar-refractivity contribution is 8.00. The van der Waals surface area contributed by atoms with Crippen molar-refractivity contribution in [3.63, 3.8) is 0 Å². The Morgan fingerprint density at radius 2 is 2.44 bits per heavy atom. The summed E-state index contributed by atoms with van der Waals surface area (Å²) >= 11 is 1.23. The van der Waals surface area contributed by atoms with Crippen LogP contribution in [0.1, 0.15) is 0 Å². The van der Waals surface area contributed by atoms with Crippen molar-refractivity contribution in [1.82, 2.24) is 9.97 Å². The Morgan fingerprint density at radius 3 is 2.89 bits per heavy atom. The summed E-state index contributed by atoms with van der Waals surface area (Å²) in [5.74, 6) is 0.483. The lowest BCUT2D eigenvalue weighted by atomic mass is 10.6. The molecule has 0 unspecified atom stereocenters. The smallest absolute Gasteiger partial charge is 0.189 e. The van der Waals surface area contributed by atoms with Gasteiger partial charge in [0.25, 0.3) is 0 Å². The fourth-order valence-electron chi connectivity index (χ4n) is 0.424. The molecule has 1 aromatic heterocycles. The second-order valence-electron chi connectivity index (χ2n) is 1.41. The van der Waals surface area contributed by atoms with Crippen molar-refractivity contribution in [1.29, 1.82) is 0 Å². The molecule has 0 fully saturated rings. The fraction of sp³-hybridized carbons (Fsp3) is 0. The van der Waals surface area contributed by atoms with Gasteiger partial charge < -0.3 is 5.73 Å². The number of hydrogen-bond acceptors (Lipinski definition) is 4. The lowest BCUT2D eigenvalue weighted by molar-refractivity contribution is 0.980. The molecule has 0 amide bonds. The molecule has 0 aliphatic rings. The van der Waals surface area contributed by atoms with Gasteiger partial charge in [0.2, 0.25) is 0 Å². The number of thioether (sulfide) groups is 1. The first-order valence-corrected chi connectivity index (χ1v) is 3.32. The van der Waals surface area contributed by atoms with Crippen molar-refractivity contribution in [2.75, 3.05) is 5.73 Å². The molecule has 1 heterocycles. The summed E-state index contributed by atoms with van der Waals surface area (Å²) < 4.78 is 0. The number of rotatable bonds is 1. The van der Waals surface area contributed by atoms with Crippen LogP contribution in [0.5, 0.6) is 0 Å². The van der Waals surface area contributed by atoms with Crippen LogP contribution < -0.4 is 5.73 Å². The second-order valence-corrected chi connectivity index (χ2v) is 2.06. The van der Waals surface area contributed by atoms with E-state index in [9.17, 15) is 0 Å². The maximum atomic E-state index is 5.34. The van der Waals surface area contributed by atoms with E-state index in [1.165, 1.54) is 11.8 Å². The van der Waals surface area contributed by atoms with E-state index >= 15 is 0 Å². The molecule has 9 heavy (non-hydrogen) atoms. The molecule has 4 heteroatoms. The van der Waals surface area contributed by atoms with Crippen LogP contribution in [0.15, 0.2) is 17.4 Å². The Hall–Kier alpha value is -0.770. The van der Waals surface area contributed by atoms with E-state index < -0.39 is 0 Å². The van der Waals surface area contributed by atoms with Crippen LogP contribution in [-0.2, 0) is 0 Å². The monoisotopic (exact) mass is 140 g/mol. The average Bonchev–Trinajstić information content (AvgIpc) is 1.88. The Balaban J connectivity index is 2.94. The minimum atomic E-state index is 0.483. The number of aromatic nitrogens is 2. The molecule has 47 valence electrons. The summed E-state index contributed by atoms with van der Waals surface area (Å²) in [6.07, 6.45) is 5.14. The van der Waals surface area contributed by atoms with E-state index in [-0.39, 0.29) is 0 Å². The Bertz CT molecular complexity index is 201. The summed E-state index contributed by atoms with van der Waals surface area (Å²) in [6, 6.07) is 1.64. The molecule has 0 aromatic carbocycles. The summed E-state index contributed by atoms with van der Waals surface area (Å²) in [4.78, 5) is 7.73. The van der Waals surface area contributed by atoms with Crippen LogP contribution in [0.25, 0.3) is 0 Å². The van der Waals surface area contributed by atoms with Crippen LogP contribution in [0, 0.1) is 6.26 Å². The van der Waals surface area contributed by atoms with Crippen LogP contribution in [0.3, 0.4) is 0 Å². The van der Waals surface area contributed by atoms with Gasteiger partial charge in [-0.1, -0.05) is 11.8 Å². The van der Waals surface area contributed by atoms with Gasteiger partial charge in [0.15, 0.2) is 5.16 Å². The third kappa shape index (κ3) is 1.57.